The van der Waals surface area contributed by atoms with Crippen molar-refractivity contribution < 1.29 is 9.18 Å². The third-order valence-corrected chi connectivity index (χ3v) is 4.57. The lowest BCUT2D eigenvalue weighted by atomic mass is 10.2. The summed E-state index contributed by atoms with van der Waals surface area (Å²) in [4.78, 5) is 13.0. The molecule has 0 spiro atoms. The van der Waals surface area contributed by atoms with Gasteiger partial charge in [-0.25, -0.2) is 4.39 Å². The Labute approximate surface area is 146 Å². The van der Waals surface area contributed by atoms with Crippen LogP contribution in [0.2, 0.25) is 0 Å². The second-order valence-electron chi connectivity index (χ2n) is 5.39. The smallest absolute Gasteiger partial charge is 0.255 e. The van der Waals surface area contributed by atoms with Crippen LogP contribution in [0.5, 0.6) is 0 Å². The first kappa shape index (κ1) is 15.4. The predicted molar refractivity (Wildman–Crippen MR) is 93.2 cm³/mol. The number of hydrogen-bond donors (Lipinski definition) is 1. The van der Waals surface area contributed by atoms with Gasteiger partial charge in [0, 0.05) is 16.8 Å². The maximum absolute atomic E-state index is 13.0. The van der Waals surface area contributed by atoms with Crippen molar-refractivity contribution in [1.29, 1.82) is 0 Å². The first-order valence-electron chi connectivity index (χ1n) is 7.46. The van der Waals surface area contributed by atoms with E-state index in [1.54, 1.807) is 10.6 Å². The van der Waals surface area contributed by atoms with E-state index in [4.69, 9.17) is 0 Å². The molecule has 6 nitrogen and oxygen atoms in total. The van der Waals surface area contributed by atoms with Crippen molar-refractivity contribution in [2.24, 2.45) is 0 Å². The number of halogens is 1. The zero-order valence-electron chi connectivity index (χ0n) is 13.1. The van der Waals surface area contributed by atoms with Gasteiger partial charge in [0.1, 0.15) is 10.8 Å². The fourth-order valence-electron chi connectivity index (χ4n) is 2.37. The summed E-state index contributed by atoms with van der Waals surface area (Å²) in [6, 6.07) is 12.8. The fourth-order valence-corrected chi connectivity index (χ4v) is 3.25. The van der Waals surface area contributed by atoms with Gasteiger partial charge in [-0.15, -0.1) is 10.2 Å². The third kappa shape index (κ3) is 2.99. The Balaban J connectivity index is 1.60. The minimum atomic E-state index is -0.378. The number of amides is 1. The number of nitrogens with zero attached hydrogens (tertiary/aromatic N) is 4. The molecular formula is C17H12FN5OS. The van der Waals surface area contributed by atoms with E-state index < -0.39 is 0 Å². The fraction of sp³-hybridized carbons (Fsp3) is 0.0588. The molecule has 0 aliphatic carbocycles. The number of rotatable bonds is 3. The third-order valence-electron chi connectivity index (χ3n) is 3.62. The average molecular weight is 353 g/mol. The minimum absolute atomic E-state index is 0.300. The highest BCUT2D eigenvalue weighted by molar-refractivity contribution is 7.19. The predicted octanol–water partition coefficient (Wildman–Crippen LogP) is 3.55. The number of aryl methyl sites for hydroxylation is 1. The summed E-state index contributed by atoms with van der Waals surface area (Å²) in [5.41, 5.74) is 1.89. The summed E-state index contributed by atoms with van der Waals surface area (Å²) >= 11 is 1.42. The number of fused-ring (bicyclic) bond motifs is 1. The number of benzene rings is 2. The molecule has 25 heavy (non-hydrogen) atoms. The topological polar surface area (TPSA) is 72.2 Å². The normalized spacial score (nSPS) is 11.0. The van der Waals surface area contributed by atoms with Crippen LogP contribution in [0.15, 0.2) is 48.5 Å². The monoisotopic (exact) mass is 353 g/mol. The lowest BCUT2D eigenvalue weighted by Gasteiger charge is -2.06. The Morgan fingerprint density at radius 1 is 1.16 bits per heavy atom. The molecule has 2 aromatic heterocycles. The highest BCUT2D eigenvalue weighted by atomic mass is 32.1. The summed E-state index contributed by atoms with van der Waals surface area (Å²) in [7, 11) is 0. The van der Waals surface area contributed by atoms with E-state index in [-0.39, 0.29) is 11.7 Å². The number of aromatic nitrogens is 4. The van der Waals surface area contributed by atoms with Crippen molar-refractivity contribution in [2.75, 3.05) is 5.32 Å². The van der Waals surface area contributed by atoms with Gasteiger partial charge in [0.2, 0.25) is 4.96 Å². The molecule has 0 saturated carbocycles. The van der Waals surface area contributed by atoms with Crippen LogP contribution >= 0.6 is 11.3 Å². The SMILES string of the molecule is Cc1nnc2sc(-c3cccc(NC(=O)c4ccc(F)cc4)c3)nn12. The molecule has 0 saturated heterocycles. The molecule has 4 rings (SSSR count). The van der Waals surface area contributed by atoms with E-state index in [9.17, 15) is 9.18 Å². The zero-order chi connectivity index (χ0) is 17.4. The molecule has 2 heterocycles. The Hall–Kier alpha value is -3.13. The molecule has 0 unspecified atom stereocenters. The first-order chi connectivity index (χ1) is 12.1. The van der Waals surface area contributed by atoms with Crippen molar-refractivity contribution in [3.05, 3.63) is 65.7 Å². The molecule has 0 atom stereocenters. The van der Waals surface area contributed by atoms with Crippen molar-refractivity contribution in [2.45, 2.75) is 6.92 Å². The number of carbonyl (C=O) groups excluding carboxylic acids is 1. The summed E-state index contributed by atoms with van der Waals surface area (Å²) in [6.45, 7) is 1.84. The van der Waals surface area contributed by atoms with Crippen LogP contribution in [-0.2, 0) is 0 Å². The second-order valence-corrected chi connectivity index (χ2v) is 6.35. The van der Waals surface area contributed by atoms with Crippen molar-refractivity contribution in [3.8, 4) is 10.6 Å². The maximum atomic E-state index is 13.0. The van der Waals surface area contributed by atoms with Gasteiger partial charge in [0.15, 0.2) is 5.82 Å². The van der Waals surface area contributed by atoms with Crippen LogP contribution in [-0.4, -0.2) is 25.7 Å². The first-order valence-corrected chi connectivity index (χ1v) is 8.28. The van der Waals surface area contributed by atoms with Crippen LogP contribution in [0, 0.1) is 12.7 Å². The Morgan fingerprint density at radius 2 is 1.96 bits per heavy atom. The highest BCUT2D eigenvalue weighted by Gasteiger charge is 2.12. The van der Waals surface area contributed by atoms with E-state index in [1.807, 2.05) is 25.1 Å². The summed E-state index contributed by atoms with van der Waals surface area (Å²) in [5.74, 6) is 0.0431. The molecule has 0 bridgehead atoms. The molecule has 2 aromatic carbocycles. The van der Waals surface area contributed by atoms with Crippen LogP contribution in [0.1, 0.15) is 16.2 Å². The number of hydrogen-bond acceptors (Lipinski definition) is 5. The minimum Gasteiger partial charge on any atom is -0.322 e. The van der Waals surface area contributed by atoms with Gasteiger partial charge >= 0.3 is 0 Å². The maximum Gasteiger partial charge on any atom is 0.255 e. The van der Waals surface area contributed by atoms with Crippen molar-refractivity contribution in [3.63, 3.8) is 0 Å². The van der Waals surface area contributed by atoms with Gasteiger partial charge in [-0.2, -0.15) is 9.61 Å². The van der Waals surface area contributed by atoms with E-state index in [2.05, 4.69) is 20.6 Å². The molecule has 0 radical (unpaired) electrons. The lowest BCUT2D eigenvalue weighted by molar-refractivity contribution is 0.102. The largest absolute Gasteiger partial charge is 0.322 e. The van der Waals surface area contributed by atoms with Gasteiger partial charge in [-0.1, -0.05) is 23.5 Å². The van der Waals surface area contributed by atoms with Crippen molar-refractivity contribution in [1.82, 2.24) is 19.8 Å². The molecule has 0 fully saturated rings. The zero-order valence-corrected chi connectivity index (χ0v) is 13.9. The van der Waals surface area contributed by atoms with Crippen LogP contribution in [0.25, 0.3) is 15.5 Å². The molecule has 4 aromatic rings. The number of carbonyl (C=O) groups is 1. The highest BCUT2D eigenvalue weighted by Crippen LogP contribution is 2.27. The summed E-state index contributed by atoms with van der Waals surface area (Å²) in [5, 5.41) is 16.1. The van der Waals surface area contributed by atoms with Gasteiger partial charge < -0.3 is 5.32 Å². The lowest BCUT2D eigenvalue weighted by Crippen LogP contribution is -2.11. The Bertz CT molecular complexity index is 1070. The molecule has 124 valence electrons. The van der Waals surface area contributed by atoms with E-state index in [0.717, 1.165) is 16.4 Å². The molecular weight excluding hydrogens is 341 g/mol. The van der Waals surface area contributed by atoms with Gasteiger partial charge in [-0.3, -0.25) is 4.79 Å². The van der Waals surface area contributed by atoms with E-state index in [1.165, 1.54) is 35.6 Å². The van der Waals surface area contributed by atoms with Gasteiger partial charge in [0.25, 0.3) is 5.91 Å². The molecule has 0 aliphatic heterocycles. The average Bonchev–Trinajstić information content (AvgIpc) is 3.18. The standard InChI is InChI=1S/C17H12FN5OS/c1-10-20-21-17-23(10)22-16(25-17)12-3-2-4-14(9-12)19-15(24)11-5-7-13(18)8-6-11/h2-9H,1H3,(H,19,24). The molecule has 0 aliphatic rings. The van der Waals surface area contributed by atoms with Crippen LogP contribution in [0.3, 0.4) is 0 Å². The van der Waals surface area contributed by atoms with Gasteiger partial charge in [-0.05, 0) is 43.3 Å². The van der Waals surface area contributed by atoms with Gasteiger partial charge in [0.05, 0.1) is 0 Å². The summed E-state index contributed by atoms with van der Waals surface area (Å²) in [6.07, 6.45) is 0. The molecule has 1 amide bonds. The second kappa shape index (κ2) is 6.06. The Morgan fingerprint density at radius 3 is 2.72 bits per heavy atom. The van der Waals surface area contributed by atoms with Crippen molar-refractivity contribution >= 4 is 27.9 Å². The summed E-state index contributed by atoms with van der Waals surface area (Å²) < 4.78 is 14.6. The van der Waals surface area contributed by atoms with Crippen LogP contribution in [0.4, 0.5) is 10.1 Å². The number of anilines is 1. The molecule has 8 heteroatoms. The Kier molecular flexibility index (Phi) is 3.73. The van der Waals surface area contributed by atoms with Crippen LogP contribution < -0.4 is 5.32 Å². The van der Waals surface area contributed by atoms with E-state index >= 15 is 0 Å². The van der Waals surface area contributed by atoms with E-state index in [0.29, 0.717) is 16.2 Å². The number of nitrogens with one attached hydrogen (secondary N) is 1. The quantitative estimate of drug-likeness (QED) is 0.611. The molecule has 1 N–H and O–H groups in total.